The van der Waals surface area contributed by atoms with Gasteiger partial charge in [-0.25, -0.2) is 28.8 Å². The monoisotopic (exact) mass is 1420 g/mol. The first-order valence-corrected chi connectivity index (χ1v) is 32.0. The number of nitrogens with one attached hydrogen (secondary N) is 2. The van der Waals surface area contributed by atoms with Crippen LogP contribution >= 0.6 is 51.0 Å². The maximum absolute atomic E-state index is 12.9. The first-order chi connectivity index (χ1) is 45.7. The number of hydrogen-bond donors (Lipinski definition) is 9. The fraction of sp³-hybridized carbons (Fsp3) is 0.157. The first kappa shape index (κ1) is 68.7. The molecular weight excluding hydrogens is 1360 g/mol. The van der Waals surface area contributed by atoms with Crippen LogP contribution in [0, 0.1) is 13.8 Å². The molecule has 23 nitrogen and oxygen atoms in total. The molecule has 0 saturated heterocycles. The smallest absolute Gasteiger partial charge is 0.345 e. The third-order valence-electron chi connectivity index (χ3n) is 16.2. The number of hydrazone groups is 1. The van der Waals surface area contributed by atoms with Crippen molar-refractivity contribution in [2.45, 2.75) is 73.1 Å². The average molecular weight is 1430 g/mol. The number of azo groups is 2. The fourth-order valence-corrected chi connectivity index (χ4v) is 13.4. The quantitative estimate of drug-likeness (QED) is 0.0295. The van der Waals surface area contributed by atoms with Crippen LogP contribution < -0.4 is 21.9 Å². The van der Waals surface area contributed by atoms with Gasteiger partial charge >= 0.3 is 17.9 Å². The average Bonchev–Trinajstić information content (AvgIpc) is 1.73. The maximum atomic E-state index is 12.9. The lowest BCUT2D eigenvalue weighted by Crippen LogP contribution is -2.20. The van der Waals surface area contributed by atoms with Crippen molar-refractivity contribution >= 4 is 115 Å². The minimum absolute atomic E-state index is 0. The second kappa shape index (κ2) is 28.8. The van der Waals surface area contributed by atoms with Gasteiger partial charge in [0, 0.05) is 37.0 Å². The highest BCUT2D eigenvalue weighted by Crippen LogP contribution is 2.43. The van der Waals surface area contributed by atoms with Crippen LogP contribution in [0.2, 0.25) is 0 Å². The number of aromatic hydroxyl groups is 3. The lowest BCUT2D eigenvalue weighted by molar-refractivity contribution is -0.116. The highest BCUT2D eigenvalue weighted by molar-refractivity contribution is 8.93. The fourth-order valence-electron chi connectivity index (χ4n) is 10.8. The summed E-state index contributed by atoms with van der Waals surface area (Å²) < 4.78 is 2.88. The number of nitrogens with zero attached hydrogens (tertiary/aromatic N) is 8. The Hall–Kier alpha value is -11.1. The van der Waals surface area contributed by atoms with E-state index in [1.165, 1.54) is 72.4 Å². The Kier molecular flexibility index (Phi) is 20.4. The van der Waals surface area contributed by atoms with E-state index >= 15 is 0 Å². The Morgan fingerprint density at radius 2 is 0.835 bits per heavy atom. The molecule has 6 heterocycles. The van der Waals surface area contributed by atoms with Gasteiger partial charge in [0.05, 0.1) is 40.6 Å². The number of aryl methyl sites for hydroxylation is 8. The number of carbonyl (C=O) groups excluding carboxylic acids is 1. The summed E-state index contributed by atoms with van der Waals surface area (Å²) in [7, 11) is 0. The molecule has 4 aliphatic rings. The molecule has 1 aliphatic heterocycles. The topological polar surface area (TPSA) is 356 Å². The number of aromatic amines is 2. The molecule has 0 atom stereocenters. The number of carboxylic acid groups (broad SMARTS) is 3. The number of amides is 1. The number of halogens is 1. The van der Waals surface area contributed by atoms with Gasteiger partial charge in [-0.05, 0) is 202 Å². The molecule has 11 aromatic rings. The minimum Gasteiger partial charge on any atom is -0.505 e. The van der Waals surface area contributed by atoms with Crippen LogP contribution in [0.15, 0.2) is 181 Å². The van der Waals surface area contributed by atoms with Gasteiger partial charge < -0.3 is 36.4 Å². The lowest BCUT2D eigenvalue weighted by Gasteiger charge is -2.21. The van der Waals surface area contributed by atoms with Gasteiger partial charge in [0.1, 0.15) is 31.8 Å². The Balaban J connectivity index is 0.000000147. The molecule has 10 N–H and O–H groups in total. The molecule has 3 aliphatic carbocycles. The Bertz CT molecular complexity index is 4920. The summed E-state index contributed by atoms with van der Waals surface area (Å²) in [6, 6.07) is 42.3. The number of hydrogen-bond acceptors (Lipinski definition) is 18. The molecule has 0 unspecified atom stereocenters. The molecule has 0 spiro atoms. The molecule has 27 heteroatoms. The van der Waals surface area contributed by atoms with E-state index < -0.39 is 17.9 Å². The summed E-state index contributed by atoms with van der Waals surface area (Å²) in [5, 5.41) is 86.4. The number of H-pyrrole nitrogens is 2. The Morgan fingerprint density at radius 3 is 1.18 bits per heavy atom. The van der Waals surface area contributed by atoms with Crippen LogP contribution in [0.5, 0.6) is 17.2 Å². The van der Waals surface area contributed by atoms with Gasteiger partial charge in [-0.3, -0.25) is 24.6 Å². The van der Waals surface area contributed by atoms with Gasteiger partial charge in [0.2, 0.25) is 0 Å². The highest BCUT2D eigenvalue weighted by atomic mass is 79.9. The molecule has 15 rings (SSSR count). The van der Waals surface area contributed by atoms with Gasteiger partial charge in [-0.1, -0.05) is 43.8 Å². The van der Waals surface area contributed by atoms with Crippen molar-refractivity contribution in [3.63, 3.8) is 0 Å². The number of carbonyl (C=O) groups is 4. The number of nitrogens with two attached hydrogens (primary N) is 1. The molecule has 97 heavy (non-hydrogen) atoms. The highest BCUT2D eigenvalue weighted by Gasteiger charge is 2.26. The maximum Gasteiger partial charge on any atom is 0.345 e. The number of anilines is 2. The number of aromatic carboxylic acids is 3. The summed E-state index contributed by atoms with van der Waals surface area (Å²) >= 11 is 3.21. The predicted octanol–water partition coefficient (Wildman–Crippen LogP) is 15.8. The van der Waals surface area contributed by atoms with Crippen molar-refractivity contribution in [3.05, 3.63) is 226 Å². The summed E-state index contributed by atoms with van der Waals surface area (Å²) in [5.41, 5.74) is 19.6. The molecule has 0 fully saturated rings. The summed E-state index contributed by atoms with van der Waals surface area (Å²) in [4.78, 5) is 72.9. The molecular formula is C70H62BrN11O12S3. The molecule has 0 bridgehead atoms. The molecule has 6 aromatic carbocycles. The second-order valence-corrected chi connectivity index (χ2v) is 25.7. The van der Waals surface area contributed by atoms with Crippen LogP contribution in [0.4, 0.5) is 34.1 Å². The molecule has 1 amide bonds. The van der Waals surface area contributed by atoms with E-state index in [4.69, 9.17) is 21.1 Å². The van der Waals surface area contributed by atoms with Crippen LogP contribution in [0.3, 0.4) is 0 Å². The Labute approximate surface area is 575 Å². The largest absolute Gasteiger partial charge is 0.505 e. The molecule has 494 valence electrons. The number of para-hydroxylation sites is 3. The summed E-state index contributed by atoms with van der Waals surface area (Å²) in [6.45, 7) is 5.37. The van der Waals surface area contributed by atoms with Gasteiger partial charge in [0.25, 0.3) is 17.0 Å². The lowest BCUT2D eigenvalue weighted by atomic mass is 9.88. The van der Waals surface area contributed by atoms with E-state index in [0.29, 0.717) is 49.1 Å². The standard InChI is InChI=1S/2C23H18N4O4S.C12H12N2O.C11H9NO3S.CH4.BrH/c2*1-12-20(22(29)27(26-12)15-8-7-13-5-6-14(13)11-15)25-24-17-4-2-3-16(21(17)28)18-9-10-19(32-18)23(30)31;1-8-6-12(15)14(13-8)11-5-4-9-2-3-10(9)7-11;12-7-3-1-2-6(10(7)13)8-4-5-9(16-8)11(14)15;;/h2*2-4,7-11,26,28H,5-6H2,1H3,(H,30,31);4-5,7H,2-3,6H2,1H3;1-5,13H,12H2,(H,14,15);1H4;1H. The van der Waals surface area contributed by atoms with Crippen LogP contribution in [0.25, 0.3) is 42.7 Å². The third kappa shape index (κ3) is 14.3. The van der Waals surface area contributed by atoms with E-state index in [1.54, 1.807) is 86.6 Å². The van der Waals surface area contributed by atoms with Crippen molar-refractivity contribution in [2.24, 2.45) is 25.6 Å². The minimum atomic E-state index is -1.02. The van der Waals surface area contributed by atoms with E-state index in [-0.39, 0.29) is 102 Å². The van der Waals surface area contributed by atoms with E-state index in [1.807, 2.05) is 49.4 Å². The number of nitrogen functional groups attached to an aromatic ring is 1. The van der Waals surface area contributed by atoms with Crippen LogP contribution in [0.1, 0.15) is 94.6 Å². The van der Waals surface area contributed by atoms with Gasteiger partial charge in [-0.2, -0.15) is 5.10 Å². The number of thiophene rings is 3. The molecule has 5 aromatic heterocycles. The van der Waals surface area contributed by atoms with Gasteiger partial charge in [-0.15, -0.1) is 71.4 Å². The van der Waals surface area contributed by atoms with Crippen molar-refractivity contribution in [2.75, 3.05) is 10.7 Å². The summed E-state index contributed by atoms with van der Waals surface area (Å²) in [6.07, 6.45) is 6.92. The van der Waals surface area contributed by atoms with Crippen LogP contribution in [-0.4, -0.2) is 79.7 Å². The van der Waals surface area contributed by atoms with E-state index in [9.17, 15) is 44.1 Å². The zero-order valence-corrected chi connectivity index (χ0v) is 55.4. The van der Waals surface area contributed by atoms with Crippen molar-refractivity contribution in [1.29, 1.82) is 0 Å². The third-order valence-corrected chi connectivity index (χ3v) is 19.5. The van der Waals surface area contributed by atoms with E-state index in [0.717, 1.165) is 88.9 Å². The zero-order valence-electron chi connectivity index (χ0n) is 51.2. The first-order valence-electron chi connectivity index (χ1n) is 29.6. The number of fused-ring (bicyclic) bond motifs is 3. The van der Waals surface area contributed by atoms with Crippen molar-refractivity contribution < 1.29 is 49.8 Å². The van der Waals surface area contributed by atoms with E-state index in [2.05, 4.69) is 47.9 Å². The molecule has 0 saturated carbocycles. The number of aromatic nitrogens is 4. The van der Waals surface area contributed by atoms with Crippen molar-refractivity contribution in [3.8, 4) is 59.9 Å². The number of phenolic OH excluding ortho intramolecular Hbond substituents is 3. The Morgan fingerprint density at radius 1 is 0.474 bits per heavy atom. The number of benzene rings is 6. The predicted molar refractivity (Wildman–Crippen MR) is 381 cm³/mol. The SMILES string of the molecule is Br.C.CC1=NN(c2ccc3c(c2)CC3)C(=O)C1.Cc1[nH]n(-c2ccc3c(c2)CC3)c(=O)c1N=Nc1cccc(-c2ccc(C(=O)O)s2)c1O.Cc1[nH]n(-c2ccc3c(c2)CC3)c(=O)c1N=Nc1cccc(-c2ccc(C(=O)O)s2)c1O.Nc1cccc(-c2ccc(C(=O)O)s2)c1O. The van der Waals surface area contributed by atoms with Crippen LogP contribution in [-0.2, 0) is 43.3 Å². The number of rotatable bonds is 13. The zero-order chi connectivity index (χ0) is 66.9. The normalized spacial score (nSPS) is 12.9. The number of phenols is 3. The number of carboxylic acids is 3. The molecule has 0 radical (unpaired) electrons. The summed E-state index contributed by atoms with van der Waals surface area (Å²) in [5.74, 6) is -3.23. The van der Waals surface area contributed by atoms with Gasteiger partial charge in [0.15, 0.2) is 22.9 Å². The second-order valence-electron chi connectivity index (χ2n) is 22.4. The van der Waals surface area contributed by atoms with Crippen molar-refractivity contribution in [1.82, 2.24) is 19.6 Å².